The second kappa shape index (κ2) is 7.99. The first-order valence-corrected chi connectivity index (χ1v) is 8.22. The summed E-state index contributed by atoms with van der Waals surface area (Å²) in [7, 11) is 0. The molecule has 3 nitrogen and oxygen atoms in total. The molecule has 0 aliphatic rings. The van der Waals surface area contributed by atoms with Gasteiger partial charge in [-0.25, -0.2) is 4.39 Å². The average molecular weight is 422 g/mol. The number of carbonyl (C=O) groups is 1. The molecular formula is C16H12BrCl2FO3. The first-order chi connectivity index (χ1) is 10.9. The fourth-order valence-corrected chi connectivity index (χ4v) is 2.89. The van der Waals surface area contributed by atoms with Crippen molar-refractivity contribution in [2.24, 2.45) is 0 Å². The van der Waals surface area contributed by atoms with Gasteiger partial charge in [0.1, 0.15) is 5.75 Å². The van der Waals surface area contributed by atoms with Gasteiger partial charge in [-0.15, -0.1) is 0 Å². The van der Waals surface area contributed by atoms with E-state index in [1.807, 2.05) is 0 Å². The molecular weight excluding hydrogens is 410 g/mol. The van der Waals surface area contributed by atoms with Crippen LogP contribution in [0.15, 0.2) is 34.8 Å². The maximum Gasteiger partial charge on any atom is 0.310 e. The van der Waals surface area contributed by atoms with E-state index in [1.54, 1.807) is 19.1 Å². The Kier molecular flexibility index (Phi) is 6.27. The van der Waals surface area contributed by atoms with Crippen molar-refractivity contribution in [3.05, 3.63) is 56.2 Å². The highest BCUT2D eigenvalue weighted by atomic mass is 79.9. The summed E-state index contributed by atoms with van der Waals surface area (Å²) >= 11 is 15.2. The molecule has 0 aromatic heterocycles. The van der Waals surface area contributed by atoms with E-state index in [9.17, 15) is 9.18 Å². The molecule has 0 unspecified atom stereocenters. The van der Waals surface area contributed by atoms with E-state index in [2.05, 4.69) is 15.9 Å². The number of hydrogen-bond acceptors (Lipinski definition) is 3. The van der Waals surface area contributed by atoms with Crippen LogP contribution in [0.3, 0.4) is 0 Å². The third kappa shape index (κ3) is 4.83. The van der Waals surface area contributed by atoms with Crippen molar-refractivity contribution in [2.75, 3.05) is 6.61 Å². The Morgan fingerprint density at radius 1 is 1.26 bits per heavy atom. The zero-order valence-corrected chi connectivity index (χ0v) is 15.1. The Labute approximate surface area is 151 Å². The third-order valence-corrected chi connectivity index (χ3v) is 3.80. The van der Waals surface area contributed by atoms with Gasteiger partial charge >= 0.3 is 5.97 Å². The molecule has 0 atom stereocenters. The van der Waals surface area contributed by atoms with E-state index < -0.39 is 11.8 Å². The SMILES string of the molecule is CCOC(=O)Cc1ccc(Cl)c(Oc2cc(Cl)cc(Br)c2)c1F. The smallest absolute Gasteiger partial charge is 0.310 e. The van der Waals surface area contributed by atoms with Gasteiger partial charge in [-0.05, 0) is 31.2 Å². The normalized spacial score (nSPS) is 10.5. The summed E-state index contributed by atoms with van der Waals surface area (Å²) in [5, 5.41) is 0.514. The second-order valence-corrected chi connectivity index (χ2v) is 6.30. The lowest BCUT2D eigenvalue weighted by atomic mass is 10.1. The van der Waals surface area contributed by atoms with Crippen molar-refractivity contribution in [1.82, 2.24) is 0 Å². The van der Waals surface area contributed by atoms with Gasteiger partial charge in [0.2, 0.25) is 0 Å². The average Bonchev–Trinajstić information content (AvgIpc) is 2.46. The molecule has 2 aromatic carbocycles. The fourth-order valence-electron chi connectivity index (χ4n) is 1.88. The molecule has 0 heterocycles. The molecule has 2 rings (SSSR count). The molecule has 0 saturated heterocycles. The van der Waals surface area contributed by atoms with Crippen molar-refractivity contribution in [1.29, 1.82) is 0 Å². The molecule has 0 N–H and O–H groups in total. The Balaban J connectivity index is 2.32. The summed E-state index contributed by atoms with van der Waals surface area (Å²) < 4.78 is 25.6. The highest BCUT2D eigenvalue weighted by molar-refractivity contribution is 9.10. The lowest BCUT2D eigenvalue weighted by Crippen LogP contribution is -2.09. The van der Waals surface area contributed by atoms with Crippen LogP contribution in [0, 0.1) is 5.82 Å². The number of hydrogen-bond donors (Lipinski definition) is 0. The van der Waals surface area contributed by atoms with Gasteiger partial charge in [0, 0.05) is 15.1 Å². The lowest BCUT2D eigenvalue weighted by Gasteiger charge is -2.12. The third-order valence-electron chi connectivity index (χ3n) is 2.83. The number of benzene rings is 2. The van der Waals surface area contributed by atoms with Crippen LogP contribution in [0.5, 0.6) is 11.5 Å². The molecule has 0 saturated carbocycles. The van der Waals surface area contributed by atoms with E-state index in [1.165, 1.54) is 18.2 Å². The first-order valence-electron chi connectivity index (χ1n) is 6.67. The van der Waals surface area contributed by atoms with Crippen LogP contribution < -0.4 is 4.74 Å². The second-order valence-electron chi connectivity index (χ2n) is 4.54. The summed E-state index contributed by atoms with van der Waals surface area (Å²) in [5.41, 5.74) is 0.143. The van der Waals surface area contributed by atoms with Gasteiger partial charge in [-0.3, -0.25) is 4.79 Å². The number of ether oxygens (including phenoxy) is 2. The van der Waals surface area contributed by atoms with Gasteiger partial charge in [0.05, 0.1) is 18.1 Å². The minimum Gasteiger partial charge on any atom is -0.466 e. The van der Waals surface area contributed by atoms with E-state index in [-0.39, 0.29) is 29.4 Å². The Bertz CT molecular complexity index is 717. The Morgan fingerprint density at radius 3 is 2.65 bits per heavy atom. The van der Waals surface area contributed by atoms with Crippen LogP contribution in [0.4, 0.5) is 4.39 Å². The maximum absolute atomic E-state index is 14.6. The Hall–Kier alpha value is -1.30. The molecule has 0 spiro atoms. The molecule has 0 aliphatic carbocycles. The Morgan fingerprint density at radius 2 is 2.00 bits per heavy atom. The van der Waals surface area contributed by atoms with Crippen LogP contribution >= 0.6 is 39.1 Å². The molecule has 0 aliphatic heterocycles. The molecule has 0 amide bonds. The summed E-state index contributed by atoms with van der Waals surface area (Å²) in [6.07, 6.45) is -0.202. The van der Waals surface area contributed by atoms with Crippen molar-refractivity contribution in [3.8, 4) is 11.5 Å². The van der Waals surface area contributed by atoms with Crippen LogP contribution in [-0.4, -0.2) is 12.6 Å². The van der Waals surface area contributed by atoms with Crippen LogP contribution in [0.1, 0.15) is 12.5 Å². The predicted octanol–water partition coefficient (Wildman–Crippen LogP) is 5.79. The molecule has 23 heavy (non-hydrogen) atoms. The van der Waals surface area contributed by atoms with Crippen LogP contribution in [-0.2, 0) is 16.0 Å². The van der Waals surface area contributed by atoms with Crippen molar-refractivity contribution >= 4 is 45.1 Å². The van der Waals surface area contributed by atoms with Gasteiger partial charge in [0.15, 0.2) is 11.6 Å². The first kappa shape index (κ1) is 18.0. The number of rotatable bonds is 5. The summed E-state index contributed by atoms with van der Waals surface area (Å²) in [4.78, 5) is 11.5. The van der Waals surface area contributed by atoms with Gasteiger partial charge < -0.3 is 9.47 Å². The summed E-state index contributed by atoms with van der Waals surface area (Å²) in [5.74, 6) is -1.08. The largest absolute Gasteiger partial charge is 0.466 e. The highest BCUT2D eigenvalue weighted by Crippen LogP contribution is 2.36. The zero-order chi connectivity index (χ0) is 17.0. The predicted molar refractivity (Wildman–Crippen MR) is 91.0 cm³/mol. The molecule has 0 radical (unpaired) electrons. The van der Waals surface area contributed by atoms with Crippen molar-refractivity contribution < 1.29 is 18.7 Å². The lowest BCUT2D eigenvalue weighted by molar-refractivity contribution is -0.142. The van der Waals surface area contributed by atoms with E-state index in [4.69, 9.17) is 32.7 Å². The standard InChI is InChI=1S/C16H12BrCl2FO3/c1-2-22-14(21)5-9-3-4-13(19)16(15(9)20)23-12-7-10(17)6-11(18)8-12/h3-4,6-8H,2,5H2,1H3. The fraction of sp³-hybridized carbons (Fsp3) is 0.188. The molecule has 122 valence electrons. The van der Waals surface area contributed by atoms with Gasteiger partial charge in [0.25, 0.3) is 0 Å². The number of halogens is 4. The minimum atomic E-state index is -0.707. The molecule has 7 heteroatoms. The van der Waals surface area contributed by atoms with E-state index >= 15 is 0 Å². The van der Waals surface area contributed by atoms with E-state index in [0.717, 1.165) is 0 Å². The minimum absolute atomic E-state index is 0.0891. The van der Waals surface area contributed by atoms with E-state index in [0.29, 0.717) is 15.2 Å². The number of esters is 1. The molecule has 0 fully saturated rings. The van der Waals surface area contributed by atoms with Crippen LogP contribution in [0.2, 0.25) is 10.0 Å². The summed E-state index contributed by atoms with van der Waals surface area (Å²) in [6.45, 7) is 1.91. The molecule has 2 aromatic rings. The van der Waals surface area contributed by atoms with Crippen LogP contribution in [0.25, 0.3) is 0 Å². The molecule has 0 bridgehead atoms. The topological polar surface area (TPSA) is 35.5 Å². The maximum atomic E-state index is 14.6. The number of carbonyl (C=O) groups excluding carboxylic acids is 1. The quantitative estimate of drug-likeness (QED) is 0.573. The van der Waals surface area contributed by atoms with Crippen molar-refractivity contribution in [2.45, 2.75) is 13.3 Å². The van der Waals surface area contributed by atoms with Gasteiger partial charge in [-0.2, -0.15) is 0 Å². The zero-order valence-electron chi connectivity index (χ0n) is 12.0. The summed E-state index contributed by atoms with van der Waals surface area (Å²) in [6, 6.07) is 7.72. The highest BCUT2D eigenvalue weighted by Gasteiger charge is 2.18. The van der Waals surface area contributed by atoms with Gasteiger partial charge in [-0.1, -0.05) is 45.2 Å². The van der Waals surface area contributed by atoms with Crippen molar-refractivity contribution in [3.63, 3.8) is 0 Å². The monoisotopic (exact) mass is 420 g/mol.